The van der Waals surface area contributed by atoms with Gasteiger partial charge in [-0.3, -0.25) is 15.1 Å². The first-order chi connectivity index (χ1) is 8.68. The summed E-state index contributed by atoms with van der Waals surface area (Å²) in [7, 11) is 0. The van der Waals surface area contributed by atoms with Gasteiger partial charge in [0.1, 0.15) is 5.69 Å². The van der Waals surface area contributed by atoms with Gasteiger partial charge in [-0.25, -0.2) is 0 Å². The summed E-state index contributed by atoms with van der Waals surface area (Å²) in [5.74, 6) is 0. The minimum atomic E-state index is -0.396. The highest BCUT2D eigenvalue weighted by molar-refractivity contribution is 9.09. The van der Waals surface area contributed by atoms with Crippen molar-refractivity contribution in [1.82, 2.24) is 4.98 Å². The summed E-state index contributed by atoms with van der Waals surface area (Å²) in [6.45, 7) is 0. The van der Waals surface area contributed by atoms with E-state index in [0.717, 1.165) is 5.56 Å². The molecule has 18 heavy (non-hydrogen) atoms. The molecular formula is C13H11BrN2O2. The van der Waals surface area contributed by atoms with Crippen molar-refractivity contribution in [2.75, 3.05) is 0 Å². The quantitative estimate of drug-likeness (QED) is 0.492. The average Bonchev–Trinajstić information content (AvgIpc) is 2.40. The first kappa shape index (κ1) is 12.7. The first-order valence-corrected chi connectivity index (χ1v) is 6.37. The molecule has 0 fully saturated rings. The van der Waals surface area contributed by atoms with Crippen molar-refractivity contribution in [3.8, 4) is 0 Å². The Bertz CT molecular complexity index is 546. The molecular weight excluding hydrogens is 296 g/mol. The number of hydrogen-bond acceptors (Lipinski definition) is 3. The molecule has 1 heterocycles. The topological polar surface area (TPSA) is 56.0 Å². The van der Waals surface area contributed by atoms with Crippen LogP contribution in [0, 0.1) is 10.1 Å². The second-order valence-corrected chi connectivity index (χ2v) is 4.91. The molecule has 0 spiro atoms. The molecule has 0 radical (unpaired) electrons. The SMILES string of the molecule is O=[N+]([O-])c1cccnc1CC(Br)c1ccccc1. The van der Waals surface area contributed by atoms with Gasteiger partial charge in [0.15, 0.2) is 0 Å². The van der Waals surface area contributed by atoms with Crippen LogP contribution in [0.4, 0.5) is 5.69 Å². The fourth-order valence-electron chi connectivity index (χ4n) is 1.70. The molecule has 0 bridgehead atoms. The lowest BCUT2D eigenvalue weighted by Crippen LogP contribution is -2.02. The normalized spacial score (nSPS) is 12.1. The van der Waals surface area contributed by atoms with Crippen LogP contribution in [0.15, 0.2) is 48.7 Å². The molecule has 5 heteroatoms. The van der Waals surface area contributed by atoms with Crippen molar-refractivity contribution in [1.29, 1.82) is 0 Å². The Morgan fingerprint density at radius 3 is 2.61 bits per heavy atom. The molecule has 2 aromatic rings. The van der Waals surface area contributed by atoms with Gasteiger partial charge in [0.25, 0.3) is 5.69 Å². The molecule has 1 aromatic heterocycles. The van der Waals surface area contributed by atoms with Crippen LogP contribution >= 0.6 is 15.9 Å². The number of benzene rings is 1. The van der Waals surface area contributed by atoms with Crippen molar-refractivity contribution >= 4 is 21.6 Å². The van der Waals surface area contributed by atoms with E-state index in [1.165, 1.54) is 6.07 Å². The van der Waals surface area contributed by atoms with E-state index in [2.05, 4.69) is 20.9 Å². The lowest BCUT2D eigenvalue weighted by molar-refractivity contribution is -0.385. The van der Waals surface area contributed by atoms with Crippen LogP contribution in [-0.4, -0.2) is 9.91 Å². The molecule has 1 aromatic carbocycles. The number of alkyl halides is 1. The second-order valence-electron chi connectivity index (χ2n) is 3.81. The Morgan fingerprint density at radius 1 is 1.22 bits per heavy atom. The predicted molar refractivity (Wildman–Crippen MR) is 72.7 cm³/mol. The molecule has 0 saturated carbocycles. The van der Waals surface area contributed by atoms with Gasteiger partial charge in [-0.2, -0.15) is 0 Å². The van der Waals surface area contributed by atoms with Crippen molar-refractivity contribution in [3.05, 3.63) is 70.0 Å². The molecule has 1 unspecified atom stereocenters. The summed E-state index contributed by atoms with van der Waals surface area (Å²) in [6, 6.07) is 12.8. The molecule has 92 valence electrons. The van der Waals surface area contributed by atoms with E-state index in [-0.39, 0.29) is 10.5 Å². The summed E-state index contributed by atoms with van der Waals surface area (Å²) < 4.78 is 0. The second kappa shape index (κ2) is 5.73. The summed E-state index contributed by atoms with van der Waals surface area (Å²) in [4.78, 5) is 14.6. The Morgan fingerprint density at radius 2 is 1.94 bits per heavy atom. The van der Waals surface area contributed by atoms with Crippen LogP contribution in [0.25, 0.3) is 0 Å². The minimum Gasteiger partial charge on any atom is -0.258 e. The fraction of sp³-hybridized carbons (Fsp3) is 0.154. The Balaban J connectivity index is 2.22. The molecule has 0 saturated heterocycles. The predicted octanol–water partition coefficient (Wildman–Crippen LogP) is 3.67. The summed E-state index contributed by atoms with van der Waals surface area (Å²) >= 11 is 3.54. The van der Waals surface area contributed by atoms with E-state index >= 15 is 0 Å². The Kier molecular flexibility index (Phi) is 4.04. The van der Waals surface area contributed by atoms with E-state index in [0.29, 0.717) is 12.1 Å². The number of rotatable bonds is 4. The van der Waals surface area contributed by atoms with Crippen LogP contribution < -0.4 is 0 Å². The first-order valence-electron chi connectivity index (χ1n) is 5.46. The van der Waals surface area contributed by atoms with Gasteiger partial charge in [0.2, 0.25) is 0 Å². The van der Waals surface area contributed by atoms with Crippen LogP contribution in [0.5, 0.6) is 0 Å². The zero-order valence-electron chi connectivity index (χ0n) is 9.49. The lowest BCUT2D eigenvalue weighted by atomic mass is 10.1. The average molecular weight is 307 g/mol. The Labute approximate surface area is 113 Å². The van der Waals surface area contributed by atoms with E-state index < -0.39 is 4.92 Å². The highest BCUT2D eigenvalue weighted by Crippen LogP contribution is 2.29. The third-order valence-electron chi connectivity index (χ3n) is 2.60. The molecule has 0 aliphatic heterocycles. The number of hydrogen-bond donors (Lipinski definition) is 0. The third-order valence-corrected chi connectivity index (χ3v) is 3.45. The van der Waals surface area contributed by atoms with E-state index in [9.17, 15) is 10.1 Å². The van der Waals surface area contributed by atoms with Crippen LogP contribution in [0.1, 0.15) is 16.1 Å². The molecule has 4 nitrogen and oxygen atoms in total. The highest BCUT2D eigenvalue weighted by Gasteiger charge is 2.18. The van der Waals surface area contributed by atoms with E-state index in [1.807, 2.05) is 30.3 Å². The maximum atomic E-state index is 10.9. The number of pyridine rings is 1. The molecule has 1 atom stereocenters. The smallest absolute Gasteiger partial charge is 0.258 e. The van der Waals surface area contributed by atoms with Crippen LogP contribution in [0.3, 0.4) is 0 Å². The van der Waals surface area contributed by atoms with E-state index in [4.69, 9.17) is 0 Å². The third kappa shape index (κ3) is 2.92. The monoisotopic (exact) mass is 306 g/mol. The van der Waals surface area contributed by atoms with Crippen molar-refractivity contribution in [2.24, 2.45) is 0 Å². The zero-order chi connectivity index (χ0) is 13.0. The minimum absolute atomic E-state index is 0.0206. The van der Waals surface area contributed by atoms with Gasteiger partial charge in [-0.1, -0.05) is 46.3 Å². The summed E-state index contributed by atoms with van der Waals surface area (Å²) in [5, 5.41) is 10.9. The van der Waals surface area contributed by atoms with Crippen LogP contribution in [-0.2, 0) is 6.42 Å². The van der Waals surface area contributed by atoms with Crippen molar-refractivity contribution in [2.45, 2.75) is 11.2 Å². The van der Waals surface area contributed by atoms with Gasteiger partial charge < -0.3 is 0 Å². The standard InChI is InChI=1S/C13H11BrN2O2/c14-11(10-5-2-1-3-6-10)9-12-13(16(17)18)7-4-8-15-12/h1-8,11H,9H2. The maximum Gasteiger partial charge on any atom is 0.290 e. The lowest BCUT2D eigenvalue weighted by Gasteiger charge is -2.09. The molecule has 0 amide bonds. The molecule has 0 N–H and O–H groups in total. The number of halogens is 1. The van der Waals surface area contributed by atoms with Gasteiger partial charge in [0.05, 0.1) is 4.92 Å². The summed E-state index contributed by atoms with van der Waals surface area (Å²) in [6.07, 6.45) is 2.06. The van der Waals surface area contributed by atoms with Gasteiger partial charge in [-0.05, 0) is 11.6 Å². The molecule has 2 rings (SSSR count). The van der Waals surface area contributed by atoms with Gasteiger partial charge >= 0.3 is 0 Å². The largest absolute Gasteiger partial charge is 0.290 e. The zero-order valence-corrected chi connectivity index (χ0v) is 11.1. The number of aromatic nitrogens is 1. The van der Waals surface area contributed by atoms with Gasteiger partial charge in [0, 0.05) is 23.5 Å². The van der Waals surface area contributed by atoms with Crippen molar-refractivity contribution in [3.63, 3.8) is 0 Å². The fourth-order valence-corrected chi connectivity index (χ4v) is 2.31. The number of nitrogens with zero attached hydrogens (tertiary/aromatic N) is 2. The summed E-state index contributed by atoms with van der Waals surface area (Å²) in [5.41, 5.74) is 1.64. The highest BCUT2D eigenvalue weighted by atomic mass is 79.9. The Hall–Kier alpha value is -1.75. The van der Waals surface area contributed by atoms with Gasteiger partial charge in [-0.15, -0.1) is 0 Å². The number of nitro groups is 1. The van der Waals surface area contributed by atoms with Crippen LogP contribution in [0.2, 0.25) is 0 Å². The molecule has 0 aliphatic carbocycles. The van der Waals surface area contributed by atoms with Crippen molar-refractivity contribution < 1.29 is 4.92 Å². The maximum absolute atomic E-state index is 10.9. The van der Waals surface area contributed by atoms with E-state index in [1.54, 1.807) is 12.3 Å². The molecule has 0 aliphatic rings.